The molecule has 4 atom stereocenters. The first-order valence-electron chi connectivity index (χ1n) is 6.42. The van der Waals surface area contributed by atoms with E-state index in [1.54, 1.807) is 0 Å². The monoisotopic (exact) mass is 224 g/mol. The molecule has 2 fully saturated rings. The quantitative estimate of drug-likeness (QED) is 0.747. The molecule has 2 rings (SSSR count). The molecule has 0 aliphatic heterocycles. The van der Waals surface area contributed by atoms with Gasteiger partial charge in [-0.1, -0.05) is 20.8 Å². The van der Waals surface area contributed by atoms with Crippen molar-refractivity contribution in [3.63, 3.8) is 0 Å². The molecule has 92 valence electrons. The Morgan fingerprint density at radius 2 is 2.00 bits per heavy atom. The lowest BCUT2D eigenvalue weighted by Gasteiger charge is -2.37. The maximum absolute atomic E-state index is 11.7. The van der Waals surface area contributed by atoms with E-state index in [9.17, 15) is 4.79 Å². The fourth-order valence-electron chi connectivity index (χ4n) is 3.07. The highest BCUT2D eigenvalue weighted by Crippen LogP contribution is 2.48. The molecule has 0 heterocycles. The number of amides is 1. The zero-order chi connectivity index (χ0) is 11.9. The van der Waals surface area contributed by atoms with Gasteiger partial charge in [0.1, 0.15) is 0 Å². The van der Waals surface area contributed by atoms with E-state index in [0.29, 0.717) is 12.0 Å². The normalized spacial score (nSPS) is 37.8. The van der Waals surface area contributed by atoms with E-state index in [0.717, 1.165) is 18.4 Å². The Morgan fingerprint density at radius 3 is 2.50 bits per heavy atom. The number of carbonyl (C=O) groups is 1. The van der Waals surface area contributed by atoms with Crippen LogP contribution < -0.4 is 11.1 Å². The predicted molar refractivity (Wildman–Crippen MR) is 64.8 cm³/mol. The molecule has 0 bridgehead atoms. The minimum absolute atomic E-state index is 0.163. The smallest absolute Gasteiger partial charge is 0.225 e. The number of carbonyl (C=O) groups excluding carboxylic acids is 1. The van der Waals surface area contributed by atoms with Crippen LogP contribution in [0.5, 0.6) is 0 Å². The van der Waals surface area contributed by atoms with Crippen LogP contribution in [0.3, 0.4) is 0 Å². The lowest BCUT2D eigenvalue weighted by atomic mass is 9.72. The highest BCUT2D eigenvalue weighted by molar-refractivity contribution is 5.81. The van der Waals surface area contributed by atoms with Gasteiger partial charge in [0.25, 0.3) is 0 Å². The Labute approximate surface area is 98.2 Å². The summed E-state index contributed by atoms with van der Waals surface area (Å²) in [6.07, 6.45) is 3.69. The number of nitrogens with two attached hydrogens (primary N) is 1. The van der Waals surface area contributed by atoms with Gasteiger partial charge in [-0.3, -0.25) is 4.79 Å². The van der Waals surface area contributed by atoms with Crippen LogP contribution in [-0.2, 0) is 4.79 Å². The van der Waals surface area contributed by atoms with Crippen LogP contribution in [0.15, 0.2) is 0 Å². The molecule has 3 heteroatoms. The topological polar surface area (TPSA) is 55.1 Å². The zero-order valence-electron chi connectivity index (χ0n) is 10.6. The minimum Gasteiger partial charge on any atom is -0.355 e. The van der Waals surface area contributed by atoms with E-state index in [1.807, 2.05) is 20.8 Å². The van der Waals surface area contributed by atoms with Crippen molar-refractivity contribution in [1.29, 1.82) is 0 Å². The molecular weight excluding hydrogens is 200 g/mol. The largest absolute Gasteiger partial charge is 0.355 e. The second kappa shape index (κ2) is 4.02. The third-order valence-electron chi connectivity index (χ3n) is 4.20. The average molecular weight is 224 g/mol. The summed E-state index contributed by atoms with van der Waals surface area (Å²) in [5, 5.41) is 3.07. The van der Waals surface area contributed by atoms with Gasteiger partial charge in [-0.05, 0) is 37.0 Å². The molecule has 0 aromatic rings. The fourth-order valence-corrected chi connectivity index (χ4v) is 3.07. The van der Waals surface area contributed by atoms with Gasteiger partial charge in [0, 0.05) is 18.0 Å². The molecule has 3 nitrogen and oxygen atoms in total. The molecule has 2 aliphatic carbocycles. The summed E-state index contributed by atoms with van der Waals surface area (Å²) in [5.74, 6) is 2.42. The highest BCUT2D eigenvalue weighted by Gasteiger charge is 2.45. The molecule has 0 spiro atoms. The van der Waals surface area contributed by atoms with E-state index in [1.165, 1.54) is 19.3 Å². The second-order valence-corrected chi connectivity index (χ2v) is 6.62. The van der Waals surface area contributed by atoms with Gasteiger partial charge in [-0.15, -0.1) is 0 Å². The molecule has 3 N–H and O–H groups in total. The number of rotatable bonds is 2. The van der Waals surface area contributed by atoms with Crippen LogP contribution in [0.2, 0.25) is 0 Å². The highest BCUT2D eigenvalue weighted by atomic mass is 16.2. The average Bonchev–Trinajstić information content (AvgIpc) is 2.50. The number of hydrogen-bond donors (Lipinski definition) is 2. The second-order valence-electron chi connectivity index (χ2n) is 6.62. The standard InChI is InChI=1S/C13H24N2O/c1-13(2,3)12(16)15-7-8-4-9-6-11(14)10(9)5-8/h8-11H,4-7,14H2,1-3H3,(H,15,16). The predicted octanol–water partition coefficient (Wildman–Crippen LogP) is 1.52. The van der Waals surface area contributed by atoms with Crippen molar-refractivity contribution in [2.24, 2.45) is 28.9 Å². The van der Waals surface area contributed by atoms with Crippen LogP contribution in [0.25, 0.3) is 0 Å². The van der Waals surface area contributed by atoms with Crippen molar-refractivity contribution >= 4 is 5.91 Å². The van der Waals surface area contributed by atoms with E-state index >= 15 is 0 Å². The molecule has 0 radical (unpaired) electrons. The lowest BCUT2D eigenvalue weighted by molar-refractivity contribution is -0.128. The minimum atomic E-state index is -0.270. The van der Waals surface area contributed by atoms with E-state index in [4.69, 9.17) is 5.73 Å². The Kier molecular flexibility index (Phi) is 2.99. The first kappa shape index (κ1) is 11.9. The van der Waals surface area contributed by atoms with E-state index < -0.39 is 0 Å². The Bertz CT molecular complexity index is 282. The van der Waals surface area contributed by atoms with Crippen LogP contribution in [0.4, 0.5) is 0 Å². The van der Waals surface area contributed by atoms with Crippen molar-refractivity contribution < 1.29 is 4.79 Å². The SMILES string of the molecule is CC(C)(C)C(=O)NCC1CC2CC(N)C2C1. The molecule has 2 aliphatic rings. The molecule has 0 aromatic heterocycles. The maximum atomic E-state index is 11.7. The van der Waals surface area contributed by atoms with Crippen molar-refractivity contribution in [2.45, 2.75) is 46.1 Å². The number of nitrogens with one attached hydrogen (secondary N) is 1. The molecule has 0 aromatic carbocycles. The van der Waals surface area contributed by atoms with Gasteiger partial charge in [-0.2, -0.15) is 0 Å². The van der Waals surface area contributed by atoms with Gasteiger partial charge >= 0.3 is 0 Å². The first-order valence-corrected chi connectivity index (χ1v) is 6.42. The Morgan fingerprint density at radius 1 is 1.31 bits per heavy atom. The summed E-state index contributed by atoms with van der Waals surface area (Å²) in [6.45, 7) is 6.71. The van der Waals surface area contributed by atoms with E-state index in [-0.39, 0.29) is 11.3 Å². The zero-order valence-corrected chi connectivity index (χ0v) is 10.6. The number of fused-ring (bicyclic) bond motifs is 1. The summed E-state index contributed by atoms with van der Waals surface area (Å²) < 4.78 is 0. The molecule has 2 saturated carbocycles. The summed E-state index contributed by atoms with van der Waals surface area (Å²) in [4.78, 5) is 11.7. The van der Waals surface area contributed by atoms with Gasteiger partial charge < -0.3 is 11.1 Å². The van der Waals surface area contributed by atoms with Crippen molar-refractivity contribution in [1.82, 2.24) is 5.32 Å². The van der Waals surface area contributed by atoms with Crippen molar-refractivity contribution in [3.05, 3.63) is 0 Å². The fraction of sp³-hybridized carbons (Fsp3) is 0.923. The van der Waals surface area contributed by atoms with Crippen LogP contribution in [0.1, 0.15) is 40.0 Å². The van der Waals surface area contributed by atoms with Gasteiger partial charge in [0.05, 0.1) is 0 Å². The summed E-state index contributed by atoms with van der Waals surface area (Å²) in [5.41, 5.74) is 5.69. The maximum Gasteiger partial charge on any atom is 0.225 e. The molecular formula is C13H24N2O. The third-order valence-corrected chi connectivity index (χ3v) is 4.20. The Hall–Kier alpha value is -0.570. The summed E-state index contributed by atoms with van der Waals surface area (Å²) in [7, 11) is 0. The first-order chi connectivity index (χ1) is 7.38. The summed E-state index contributed by atoms with van der Waals surface area (Å²) in [6, 6.07) is 0.438. The molecule has 0 saturated heterocycles. The molecule has 16 heavy (non-hydrogen) atoms. The van der Waals surface area contributed by atoms with Crippen LogP contribution in [-0.4, -0.2) is 18.5 Å². The van der Waals surface area contributed by atoms with Crippen molar-refractivity contribution in [2.75, 3.05) is 6.54 Å². The van der Waals surface area contributed by atoms with Crippen molar-refractivity contribution in [3.8, 4) is 0 Å². The number of hydrogen-bond acceptors (Lipinski definition) is 2. The van der Waals surface area contributed by atoms with Crippen LogP contribution in [0, 0.1) is 23.2 Å². The van der Waals surface area contributed by atoms with E-state index in [2.05, 4.69) is 5.32 Å². The summed E-state index contributed by atoms with van der Waals surface area (Å²) >= 11 is 0. The molecule has 4 unspecified atom stereocenters. The Balaban J connectivity index is 1.74. The van der Waals surface area contributed by atoms with Crippen LogP contribution >= 0.6 is 0 Å². The molecule has 1 amide bonds. The van der Waals surface area contributed by atoms with Gasteiger partial charge in [0.15, 0.2) is 0 Å². The van der Waals surface area contributed by atoms with Gasteiger partial charge in [0.2, 0.25) is 5.91 Å². The third kappa shape index (κ3) is 2.24. The van der Waals surface area contributed by atoms with Gasteiger partial charge in [-0.25, -0.2) is 0 Å². The lowest BCUT2D eigenvalue weighted by Crippen LogP contribution is -2.44.